The summed E-state index contributed by atoms with van der Waals surface area (Å²) in [6.07, 6.45) is -24.2. The molecule has 0 aliphatic carbocycles. The van der Waals surface area contributed by atoms with Crippen molar-refractivity contribution in [3.05, 3.63) is 0 Å². The van der Waals surface area contributed by atoms with Crippen molar-refractivity contribution in [3.8, 4) is 0 Å². The van der Waals surface area contributed by atoms with Crippen LogP contribution in [0.25, 0.3) is 0 Å². The van der Waals surface area contributed by atoms with Gasteiger partial charge >= 0.3 is 0 Å². The van der Waals surface area contributed by atoms with E-state index in [4.69, 9.17) is 28.4 Å². The van der Waals surface area contributed by atoms with Crippen LogP contribution in [-0.4, -0.2) is 170 Å². The molecule has 3 aliphatic rings. The molecule has 3 rings (SSSR count). The van der Waals surface area contributed by atoms with Crippen molar-refractivity contribution in [1.82, 2.24) is 0 Å². The molecule has 35 heavy (non-hydrogen) atoms. The number of aliphatic hydroxyl groups is 10. The number of aliphatic hydroxyl groups excluding tert-OH is 10. The number of rotatable bonds is 8. The monoisotopic (exact) mass is 518 g/mol. The average molecular weight is 518 g/mol. The third kappa shape index (κ3) is 6.10. The minimum atomic E-state index is -1.91. The first-order chi connectivity index (χ1) is 16.5. The SMILES string of the molecule is COC[C@H]1O[C@H](OC[C@H]2OC(O)[C@@H](O)[C@@H](O[C@H]3O[C@H](CO)[C@@H](O)[C@H](O)[C@@H]3O)[C@@H]2O)[C@@H](O)[C@@H](O)[C@@H]1O. The fourth-order valence-corrected chi connectivity index (χ4v) is 4.10. The van der Waals surface area contributed by atoms with Gasteiger partial charge in [0.05, 0.1) is 19.8 Å². The number of methoxy groups -OCH3 is 1. The quantitative estimate of drug-likeness (QED) is 0.143. The predicted molar refractivity (Wildman–Crippen MR) is 106 cm³/mol. The molecule has 1 unspecified atom stereocenters. The maximum absolute atomic E-state index is 10.7. The Balaban J connectivity index is 1.65. The Morgan fingerprint density at radius 2 is 1.11 bits per heavy atom. The van der Waals surface area contributed by atoms with Gasteiger partial charge < -0.3 is 79.5 Å². The van der Waals surface area contributed by atoms with Crippen LogP contribution < -0.4 is 0 Å². The zero-order valence-electron chi connectivity index (χ0n) is 18.7. The van der Waals surface area contributed by atoms with E-state index in [9.17, 15) is 51.1 Å². The minimum Gasteiger partial charge on any atom is -0.394 e. The van der Waals surface area contributed by atoms with Crippen LogP contribution in [-0.2, 0) is 28.4 Å². The summed E-state index contributed by atoms with van der Waals surface area (Å²) in [5, 5.41) is 100. The van der Waals surface area contributed by atoms with Gasteiger partial charge in [-0.15, -0.1) is 0 Å². The first kappa shape index (κ1) is 28.9. The van der Waals surface area contributed by atoms with Crippen molar-refractivity contribution < 1.29 is 79.5 Å². The zero-order valence-corrected chi connectivity index (χ0v) is 18.7. The number of hydrogen-bond acceptors (Lipinski definition) is 16. The lowest BCUT2D eigenvalue weighted by molar-refractivity contribution is -0.361. The smallest absolute Gasteiger partial charge is 0.187 e. The molecule has 0 saturated carbocycles. The molecular weight excluding hydrogens is 484 g/mol. The van der Waals surface area contributed by atoms with Crippen molar-refractivity contribution in [2.24, 2.45) is 0 Å². The van der Waals surface area contributed by atoms with Gasteiger partial charge in [0.15, 0.2) is 18.9 Å². The molecule has 0 radical (unpaired) electrons. The van der Waals surface area contributed by atoms with E-state index in [-0.39, 0.29) is 6.61 Å². The Labute approximate surface area is 199 Å². The van der Waals surface area contributed by atoms with Crippen LogP contribution in [0.3, 0.4) is 0 Å². The van der Waals surface area contributed by atoms with Crippen molar-refractivity contribution in [3.63, 3.8) is 0 Å². The Kier molecular flexibility index (Phi) is 10.1. The lowest BCUT2D eigenvalue weighted by Gasteiger charge is -2.45. The van der Waals surface area contributed by atoms with Gasteiger partial charge in [-0.05, 0) is 0 Å². The Morgan fingerprint density at radius 1 is 0.571 bits per heavy atom. The van der Waals surface area contributed by atoms with Crippen molar-refractivity contribution in [2.45, 2.75) is 92.1 Å². The maximum atomic E-state index is 10.7. The molecule has 3 fully saturated rings. The summed E-state index contributed by atoms with van der Waals surface area (Å²) in [7, 11) is 1.33. The van der Waals surface area contributed by atoms with Crippen LogP contribution in [0.1, 0.15) is 0 Å². The molecule has 3 aliphatic heterocycles. The normalized spacial score (nSPS) is 51.3. The number of ether oxygens (including phenoxy) is 6. The zero-order chi connectivity index (χ0) is 26.0. The van der Waals surface area contributed by atoms with E-state index in [0.717, 1.165) is 0 Å². The molecule has 16 heteroatoms. The molecule has 10 N–H and O–H groups in total. The molecule has 0 bridgehead atoms. The highest BCUT2D eigenvalue weighted by molar-refractivity contribution is 4.94. The minimum absolute atomic E-state index is 0.132. The lowest BCUT2D eigenvalue weighted by Crippen LogP contribution is -2.65. The van der Waals surface area contributed by atoms with Gasteiger partial charge in [-0.3, -0.25) is 0 Å². The molecule has 206 valence electrons. The van der Waals surface area contributed by atoms with E-state index in [2.05, 4.69) is 0 Å². The molecule has 0 aromatic heterocycles. The van der Waals surface area contributed by atoms with Crippen LogP contribution in [0, 0.1) is 0 Å². The van der Waals surface area contributed by atoms with Crippen molar-refractivity contribution in [1.29, 1.82) is 0 Å². The van der Waals surface area contributed by atoms with Crippen molar-refractivity contribution >= 4 is 0 Å². The standard InChI is InChI=1S/C19H34O16/c1-30-3-6-9(22)12(25)13(26)18(34-6)31-4-7-10(23)16(15(28)17(29)32-7)35-19-14(27)11(24)8(21)5(2-20)33-19/h5-29H,2-4H2,1H3/t5-,6-,7-,8-,9-,10-,11+,12+,13+,14+,15+,16+,17?,18+,19-/m1/s1. The summed E-state index contributed by atoms with van der Waals surface area (Å²) in [5.74, 6) is 0. The van der Waals surface area contributed by atoms with Crippen LogP contribution in [0.5, 0.6) is 0 Å². The second kappa shape index (κ2) is 12.3. The highest BCUT2D eigenvalue weighted by Crippen LogP contribution is 2.30. The number of hydrogen-bond donors (Lipinski definition) is 10. The fraction of sp³-hybridized carbons (Fsp3) is 1.00. The van der Waals surface area contributed by atoms with Crippen LogP contribution in [0.2, 0.25) is 0 Å². The maximum Gasteiger partial charge on any atom is 0.187 e. The van der Waals surface area contributed by atoms with Crippen LogP contribution in [0.4, 0.5) is 0 Å². The molecule has 15 atom stereocenters. The Morgan fingerprint density at radius 3 is 1.71 bits per heavy atom. The lowest BCUT2D eigenvalue weighted by atomic mass is 9.97. The van der Waals surface area contributed by atoms with E-state index >= 15 is 0 Å². The third-order valence-electron chi connectivity index (χ3n) is 6.22. The largest absolute Gasteiger partial charge is 0.394 e. The van der Waals surface area contributed by atoms with Crippen molar-refractivity contribution in [2.75, 3.05) is 26.9 Å². The average Bonchev–Trinajstić information content (AvgIpc) is 2.84. The molecule has 0 spiro atoms. The summed E-state index contributed by atoms with van der Waals surface area (Å²) in [6.45, 7) is -1.44. The van der Waals surface area contributed by atoms with Gasteiger partial charge in [-0.25, -0.2) is 0 Å². The molecule has 3 saturated heterocycles. The Hall–Kier alpha value is -0.640. The predicted octanol–water partition coefficient (Wildman–Crippen LogP) is -6.92. The summed E-state index contributed by atoms with van der Waals surface area (Å²) < 4.78 is 31.4. The highest BCUT2D eigenvalue weighted by Gasteiger charge is 2.51. The van der Waals surface area contributed by atoms with Gasteiger partial charge in [0, 0.05) is 7.11 Å². The van der Waals surface area contributed by atoms with E-state index < -0.39 is 105 Å². The van der Waals surface area contributed by atoms with Gasteiger partial charge in [0.2, 0.25) is 0 Å². The molecule has 16 nitrogen and oxygen atoms in total. The first-order valence-corrected chi connectivity index (χ1v) is 11.0. The molecular formula is C19H34O16. The first-order valence-electron chi connectivity index (χ1n) is 11.0. The van der Waals surface area contributed by atoms with E-state index in [0.29, 0.717) is 0 Å². The molecule has 3 heterocycles. The topological polar surface area (TPSA) is 258 Å². The van der Waals surface area contributed by atoms with Gasteiger partial charge in [-0.1, -0.05) is 0 Å². The fourth-order valence-electron chi connectivity index (χ4n) is 4.10. The van der Waals surface area contributed by atoms with Crippen LogP contribution >= 0.6 is 0 Å². The third-order valence-corrected chi connectivity index (χ3v) is 6.22. The second-order valence-corrected chi connectivity index (χ2v) is 8.65. The highest BCUT2D eigenvalue weighted by atomic mass is 16.7. The summed E-state index contributed by atoms with van der Waals surface area (Å²) >= 11 is 0. The van der Waals surface area contributed by atoms with Gasteiger partial charge in [0.25, 0.3) is 0 Å². The molecule has 0 aromatic rings. The summed E-state index contributed by atoms with van der Waals surface area (Å²) in [6, 6.07) is 0. The Bertz CT molecular complexity index is 654. The second-order valence-electron chi connectivity index (χ2n) is 8.65. The van der Waals surface area contributed by atoms with Gasteiger partial charge in [0.1, 0.15) is 73.2 Å². The summed E-state index contributed by atoms with van der Waals surface area (Å²) in [4.78, 5) is 0. The van der Waals surface area contributed by atoms with Crippen LogP contribution in [0.15, 0.2) is 0 Å². The van der Waals surface area contributed by atoms with E-state index in [1.54, 1.807) is 0 Å². The molecule has 0 aromatic carbocycles. The van der Waals surface area contributed by atoms with E-state index in [1.807, 2.05) is 0 Å². The molecule has 0 amide bonds. The van der Waals surface area contributed by atoms with E-state index in [1.165, 1.54) is 7.11 Å². The summed E-state index contributed by atoms with van der Waals surface area (Å²) in [5.41, 5.74) is 0. The van der Waals surface area contributed by atoms with Gasteiger partial charge in [-0.2, -0.15) is 0 Å².